The largest absolute Gasteiger partial charge is 0.494 e. The maximum Gasteiger partial charge on any atom is 0.161 e. The van der Waals surface area contributed by atoms with E-state index >= 15 is 0 Å². The quantitative estimate of drug-likeness (QED) is 0.767. The van der Waals surface area contributed by atoms with Gasteiger partial charge in [0.15, 0.2) is 5.82 Å². The fourth-order valence-corrected chi connectivity index (χ4v) is 2.19. The highest BCUT2D eigenvalue weighted by atomic mass is 127. The number of halogens is 1. The third kappa shape index (κ3) is 3.82. The van der Waals surface area contributed by atoms with E-state index < -0.39 is 0 Å². The van der Waals surface area contributed by atoms with Gasteiger partial charge < -0.3 is 10.1 Å². The molecule has 2 aromatic rings. The molecule has 0 radical (unpaired) electrons. The molecule has 0 spiro atoms. The van der Waals surface area contributed by atoms with Gasteiger partial charge in [0.25, 0.3) is 0 Å². The Labute approximate surface area is 133 Å². The number of hydrogen-bond acceptors (Lipinski definition) is 4. The lowest BCUT2D eigenvalue weighted by molar-refractivity contribution is 0.317. The molecule has 0 aliphatic rings. The molecule has 20 heavy (non-hydrogen) atoms. The third-order valence-electron chi connectivity index (χ3n) is 2.65. The Balaban J connectivity index is 2.28. The highest BCUT2D eigenvalue weighted by Crippen LogP contribution is 2.23. The molecule has 2 rings (SSSR count). The molecule has 0 bridgehead atoms. The maximum absolute atomic E-state index is 5.65. The van der Waals surface area contributed by atoms with Crippen molar-refractivity contribution in [3.05, 3.63) is 34.0 Å². The molecule has 1 heterocycles. The van der Waals surface area contributed by atoms with Gasteiger partial charge in [-0.15, -0.1) is 0 Å². The monoisotopic (exact) mass is 383 g/mol. The van der Waals surface area contributed by atoms with Crippen LogP contribution in [0.15, 0.2) is 30.5 Å². The Kier molecular flexibility index (Phi) is 5.58. The van der Waals surface area contributed by atoms with Crippen LogP contribution < -0.4 is 10.1 Å². The van der Waals surface area contributed by atoms with E-state index in [-0.39, 0.29) is 0 Å². The summed E-state index contributed by atoms with van der Waals surface area (Å²) in [5.74, 6) is 2.44. The van der Waals surface area contributed by atoms with Crippen LogP contribution in [0.1, 0.15) is 20.3 Å². The molecule has 1 aromatic carbocycles. The number of ether oxygens (including phenoxy) is 1. The van der Waals surface area contributed by atoms with Crippen LogP contribution in [0, 0.1) is 3.57 Å². The number of aromatic nitrogens is 2. The first-order valence-corrected chi connectivity index (χ1v) is 7.82. The first kappa shape index (κ1) is 15.0. The Morgan fingerprint density at radius 3 is 2.90 bits per heavy atom. The zero-order valence-electron chi connectivity index (χ0n) is 11.7. The van der Waals surface area contributed by atoms with Gasteiger partial charge in [-0.1, -0.05) is 19.1 Å². The summed E-state index contributed by atoms with van der Waals surface area (Å²) in [6.45, 7) is 5.71. The maximum atomic E-state index is 5.65. The predicted molar refractivity (Wildman–Crippen MR) is 90.1 cm³/mol. The minimum absolute atomic E-state index is 0.711. The van der Waals surface area contributed by atoms with Crippen LogP contribution in [0.3, 0.4) is 0 Å². The van der Waals surface area contributed by atoms with Crippen LogP contribution >= 0.6 is 22.6 Å². The third-order valence-corrected chi connectivity index (χ3v) is 3.44. The molecule has 106 valence electrons. The standard InChI is InChI=1S/C15H18IN3O/c1-3-8-20-12-7-5-6-11(9-12)14-18-10-13(16)15(19-14)17-4-2/h5-7,9-10H,3-4,8H2,1-2H3,(H,17,18,19). The Morgan fingerprint density at radius 2 is 2.15 bits per heavy atom. The van der Waals surface area contributed by atoms with Gasteiger partial charge in [-0.05, 0) is 48.1 Å². The fourth-order valence-electron chi connectivity index (χ4n) is 1.74. The highest BCUT2D eigenvalue weighted by Gasteiger charge is 2.07. The molecule has 1 N–H and O–H groups in total. The van der Waals surface area contributed by atoms with Crippen LogP contribution in [0.2, 0.25) is 0 Å². The molecule has 0 atom stereocenters. The molecule has 5 heteroatoms. The molecule has 1 aromatic heterocycles. The summed E-state index contributed by atoms with van der Waals surface area (Å²) in [6.07, 6.45) is 2.83. The summed E-state index contributed by atoms with van der Waals surface area (Å²) in [4.78, 5) is 8.97. The minimum atomic E-state index is 0.711. The molecule has 0 fully saturated rings. The molecular formula is C15H18IN3O. The lowest BCUT2D eigenvalue weighted by Gasteiger charge is -2.09. The Hall–Kier alpha value is -1.37. The number of rotatable bonds is 6. The van der Waals surface area contributed by atoms with Crippen molar-refractivity contribution in [3.63, 3.8) is 0 Å². The van der Waals surface area contributed by atoms with E-state index in [9.17, 15) is 0 Å². The zero-order valence-corrected chi connectivity index (χ0v) is 13.8. The molecule has 0 aliphatic heterocycles. The minimum Gasteiger partial charge on any atom is -0.494 e. The van der Waals surface area contributed by atoms with E-state index in [0.717, 1.165) is 40.3 Å². The number of anilines is 1. The van der Waals surface area contributed by atoms with E-state index in [1.165, 1.54) is 0 Å². The molecule has 0 saturated heterocycles. The molecule has 0 unspecified atom stereocenters. The predicted octanol–water partition coefficient (Wildman–Crippen LogP) is 3.97. The van der Waals surface area contributed by atoms with Crippen LogP contribution in [0.5, 0.6) is 5.75 Å². The van der Waals surface area contributed by atoms with Crippen molar-refractivity contribution in [2.75, 3.05) is 18.5 Å². The summed E-state index contributed by atoms with van der Waals surface area (Å²) in [5, 5.41) is 3.24. The van der Waals surface area contributed by atoms with Crippen molar-refractivity contribution in [3.8, 4) is 17.1 Å². The first-order chi connectivity index (χ1) is 9.74. The number of hydrogen-bond donors (Lipinski definition) is 1. The van der Waals surface area contributed by atoms with Crippen molar-refractivity contribution in [2.45, 2.75) is 20.3 Å². The van der Waals surface area contributed by atoms with Gasteiger partial charge >= 0.3 is 0 Å². The van der Waals surface area contributed by atoms with Gasteiger partial charge in [0.05, 0.1) is 10.2 Å². The van der Waals surface area contributed by atoms with Crippen LogP contribution in [-0.2, 0) is 0 Å². The summed E-state index contributed by atoms with van der Waals surface area (Å²) in [7, 11) is 0. The van der Waals surface area contributed by atoms with Gasteiger partial charge in [0, 0.05) is 18.3 Å². The van der Waals surface area contributed by atoms with Crippen LogP contribution in [0.25, 0.3) is 11.4 Å². The second-order valence-electron chi connectivity index (χ2n) is 4.30. The van der Waals surface area contributed by atoms with Gasteiger partial charge in [0.2, 0.25) is 0 Å². The summed E-state index contributed by atoms with van der Waals surface area (Å²) in [6, 6.07) is 7.90. The average Bonchev–Trinajstić information content (AvgIpc) is 2.48. The molecule has 0 saturated carbocycles. The van der Waals surface area contributed by atoms with Crippen molar-refractivity contribution in [1.82, 2.24) is 9.97 Å². The second-order valence-corrected chi connectivity index (χ2v) is 5.46. The van der Waals surface area contributed by atoms with Gasteiger partial charge in [-0.2, -0.15) is 0 Å². The normalized spacial score (nSPS) is 10.3. The Bertz CT molecular complexity index is 575. The van der Waals surface area contributed by atoms with Crippen molar-refractivity contribution < 1.29 is 4.74 Å². The van der Waals surface area contributed by atoms with Crippen LogP contribution in [0.4, 0.5) is 5.82 Å². The number of benzene rings is 1. The lowest BCUT2D eigenvalue weighted by Crippen LogP contribution is -2.03. The Morgan fingerprint density at radius 1 is 1.30 bits per heavy atom. The summed E-state index contributed by atoms with van der Waals surface area (Å²) >= 11 is 2.23. The molecule has 0 amide bonds. The number of nitrogens with one attached hydrogen (secondary N) is 1. The van der Waals surface area contributed by atoms with Gasteiger partial charge in [-0.25, -0.2) is 9.97 Å². The summed E-state index contributed by atoms with van der Waals surface area (Å²) < 4.78 is 6.67. The highest BCUT2D eigenvalue weighted by molar-refractivity contribution is 14.1. The van der Waals surface area contributed by atoms with E-state index in [1.807, 2.05) is 30.5 Å². The van der Waals surface area contributed by atoms with Gasteiger partial charge in [-0.3, -0.25) is 0 Å². The van der Waals surface area contributed by atoms with E-state index in [2.05, 4.69) is 51.7 Å². The molecule has 4 nitrogen and oxygen atoms in total. The van der Waals surface area contributed by atoms with E-state index in [0.29, 0.717) is 5.82 Å². The zero-order chi connectivity index (χ0) is 14.4. The summed E-state index contributed by atoms with van der Waals surface area (Å²) in [5.41, 5.74) is 0.967. The smallest absolute Gasteiger partial charge is 0.161 e. The van der Waals surface area contributed by atoms with Crippen molar-refractivity contribution in [2.24, 2.45) is 0 Å². The number of nitrogens with zero attached hydrogens (tertiary/aromatic N) is 2. The van der Waals surface area contributed by atoms with Crippen molar-refractivity contribution >= 4 is 28.4 Å². The molecule has 0 aliphatic carbocycles. The van der Waals surface area contributed by atoms with Gasteiger partial charge in [0.1, 0.15) is 11.6 Å². The van der Waals surface area contributed by atoms with E-state index in [4.69, 9.17) is 4.74 Å². The SMILES string of the molecule is CCCOc1cccc(-c2ncc(I)c(NCC)n2)c1. The second kappa shape index (κ2) is 7.42. The fraction of sp³-hybridized carbons (Fsp3) is 0.333. The average molecular weight is 383 g/mol. The topological polar surface area (TPSA) is 47.0 Å². The van der Waals surface area contributed by atoms with Crippen molar-refractivity contribution in [1.29, 1.82) is 0 Å². The lowest BCUT2D eigenvalue weighted by atomic mass is 10.2. The van der Waals surface area contributed by atoms with Crippen LogP contribution in [-0.4, -0.2) is 23.1 Å². The van der Waals surface area contributed by atoms with E-state index in [1.54, 1.807) is 0 Å². The first-order valence-electron chi connectivity index (χ1n) is 6.74. The molecular weight excluding hydrogens is 365 g/mol.